The monoisotopic (exact) mass is 198 g/mol. The second-order valence-electron chi connectivity index (χ2n) is 3.72. The maximum atomic E-state index is 9.85. The number of phenolic OH excluding ortho intramolecular Hbond substituents is 1. The number of benzene rings is 1. The van der Waals surface area contributed by atoms with E-state index < -0.39 is 0 Å². The minimum absolute atomic E-state index is 0.256. The Morgan fingerprint density at radius 2 is 1.85 bits per heavy atom. The molecule has 0 aliphatic heterocycles. The highest BCUT2D eigenvalue weighted by atomic mass is 35.5. The van der Waals surface area contributed by atoms with E-state index in [1.807, 2.05) is 33.8 Å². The van der Waals surface area contributed by atoms with Gasteiger partial charge >= 0.3 is 0 Å². The van der Waals surface area contributed by atoms with E-state index in [9.17, 15) is 5.11 Å². The van der Waals surface area contributed by atoms with Crippen LogP contribution in [0.2, 0.25) is 5.02 Å². The van der Waals surface area contributed by atoms with Crippen LogP contribution in [0, 0.1) is 13.8 Å². The van der Waals surface area contributed by atoms with Gasteiger partial charge in [-0.1, -0.05) is 25.4 Å². The lowest BCUT2D eigenvalue weighted by Crippen LogP contribution is -1.94. The SMILES string of the molecule is Cc1cc(Cl)c(C(C)C)c(O)c1C. The van der Waals surface area contributed by atoms with Crippen molar-refractivity contribution in [1.82, 2.24) is 0 Å². The predicted octanol–water partition coefficient (Wildman–Crippen LogP) is 3.79. The Morgan fingerprint density at radius 1 is 1.31 bits per heavy atom. The summed E-state index contributed by atoms with van der Waals surface area (Å²) in [5.41, 5.74) is 2.81. The molecule has 13 heavy (non-hydrogen) atoms. The fourth-order valence-electron chi connectivity index (χ4n) is 1.43. The molecule has 0 amide bonds. The molecule has 1 N–H and O–H groups in total. The molecule has 1 aromatic rings. The zero-order valence-electron chi connectivity index (χ0n) is 8.48. The first-order valence-corrected chi connectivity index (χ1v) is 4.81. The van der Waals surface area contributed by atoms with Gasteiger partial charge in [0.1, 0.15) is 5.75 Å². The lowest BCUT2D eigenvalue weighted by molar-refractivity contribution is 0.460. The van der Waals surface area contributed by atoms with E-state index in [0.29, 0.717) is 10.8 Å². The Morgan fingerprint density at radius 3 is 2.31 bits per heavy atom. The molecule has 0 unspecified atom stereocenters. The molecular formula is C11H15ClO. The highest BCUT2D eigenvalue weighted by Gasteiger charge is 2.14. The van der Waals surface area contributed by atoms with Crippen molar-refractivity contribution >= 4 is 11.6 Å². The third-order valence-electron chi connectivity index (χ3n) is 2.38. The number of aryl methyl sites for hydroxylation is 1. The molecule has 0 heterocycles. The molecule has 2 heteroatoms. The highest BCUT2D eigenvalue weighted by Crippen LogP contribution is 2.36. The second-order valence-corrected chi connectivity index (χ2v) is 4.12. The third kappa shape index (κ3) is 1.80. The van der Waals surface area contributed by atoms with E-state index in [-0.39, 0.29) is 5.92 Å². The normalized spacial score (nSPS) is 10.9. The van der Waals surface area contributed by atoms with Gasteiger partial charge in [-0.3, -0.25) is 0 Å². The molecule has 1 aromatic carbocycles. The summed E-state index contributed by atoms with van der Waals surface area (Å²) in [6, 6.07) is 1.91. The minimum atomic E-state index is 0.256. The molecule has 0 aliphatic rings. The van der Waals surface area contributed by atoms with E-state index in [1.165, 1.54) is 0 Å². The zero-order chi connectivity index (χ0) is 10.2. The predicted molar refractivity (Wildman–Crippen MR) is 56.7 cm³/mol. The fourth-order valence-corrected chi connectivity index (χ4v) is 1.90. The summed E-state index contributed by atoms with van der Waals surface area (Å²) in [5.74, 6) is 0.604. The van der Waals surface area contributed by atoms with Gasteiger partial charge < -0.3 is 5.11 Å². The summed E-state index contributed by atoms with van der Waals surface area (Å²) >= 11 is 6.04. The smallest absolute Gasteiger partial charge is 0.123 e. The first kappa shape index (κ1) is 10.4. The van der Waals surface area contributed by atoms with Crippen LogP contribution in [0.25, 0.3) is 0 Å². The molecule has 0 aromatic heterocycles. The Bertz CT molecular complexity index is 329. The Labute approximate surface area is 84.4 Å². The zero-order valence-corrected chi connectivity index (χ0v) is 9.24. The lowest BCUT2D eigenvalue weighted by atomic mass is 9.97. The number of hydrogen-bond acceptors (Lipinski definition) is 1. The topological polar surface area (TPSA) is 20.2 Å². The molecule has 1 rings (SSSR count). The molecule has 0 atom stereocenters. The van der Waals surface area contributed by atoms with Crippen LogP contribution < -0.4 is 0 Å². The quantitative estimate of drug-likeness (QED) is 0.728. The summed E-state index contributed by atoms with van der Waals surface area (Å²) in [5, 5.41) is 10.5. The summed E-state index contributed by atoms with van der Waals surface area (Å²) in [4.78, 5) is 0. The first-order chi connectivity index (χ1) is 5.95. The van der Waals surface area contributed by atoms with Crippen LogP contribution in [0.15, 0.2) is 6.07 Å². The molecular weight excluding hydrogens is 184 g/mol. The van der Waals surface area contributed by atoms with E-state index in [0.717, 1.165) is 16.7 Å². The molecule has 72 valence electrons. The molecule has 0 saturated heterocycles. The number of phenols is 1. The van der Waals surface area contributed by atoms with Crippen LogP contribution in [0.4, 0.5) is 0 Å². The van der Waals surface area contributed by atoms with E-state index in [1.54, 1.807) is 0 Å². The van der Waals surface area contributed by atoms with Crippen molar-refractivity contribution in [3.05, 3.63) is 27.8 Å². The standard InChI is InChI=1S/C11H15ClO/c1-6(2)10-9(12)5-7(3)8(4)11(10)13/h5-6,13H,1-4H3. The van der Waals surface area contributed by atoms with Gasteiger partial charge in [-0.05, 0) is 37.0 Å². The van der Waals surface area contributed by atoms with Crippen molar-refractivity contribution in [2.45, 2.75) is 33.6 Å². The van der Waals surface area contributed by atoms with Crippen LogP contribution in [-0.4, -0.2) is 5.11 Å². The average molecular weight is 199 g/mol. The van der Waals surface area contributed by atoms with Gasteiger partial charge in [0.2, 0.25) is 0 Å². The molecule has 0 bridgehead atoms. The van der Waals surface area contributed by atoms with Crippen molar-refractivity contribution in [1.29, 1.82) is 0 Å². The largest absolute Gasteiger partial charge is 0.507 e. The van der Waals surface area contributed by atoms with Crippen LogP contribution in [0.5, 0.6) is 5.75 Å². The van der Waals surface area contributed by atoms with Crippen molar-refractivity contribution in [3.63, 3.8) is 0 Å². The number of halogens is 1. The molecule has 0 aliphatic carbocycles. The van der Waals surface area contributed by atoms with Gasteiger partial charge in [0, 0.05) is 10.6 Å². The third-order valence-corrected chi connectivity index (χ3v) is 2.69. The lowest BCUT2D eigenvalue weighted by Gasteiger charge is -2.14. The summed E-state index contributed by atoms with van der Waals surface area (Å²) in [6.45, 7) is 7.91. The Kier molecular flexibility index (Phi) is 2.87. The summed E-state index contributed by atoms with van der Waals surface area (Å²) in [7, 11) is 0. The molecule has 0 spiro atoms. The van der Waals surface area contributed by atoms with Crippen LogP contribution >= 0.6 is 11.6 Å². The van der Waals surface area contributed by atoms with Crippen molar-refractivity contribution in [2.24, 2.45) is 0 Å². The number of hydrogen-bond donors (Lipinski definition) is 1. The summed E-state index contributed by atoms with van der Waals surface area (Å²) in [6.07, 6.45) is 0. The Balaban J connectivity index is 3.44. The van der Waals surface area contributed by atoms with Crippen molar-refractivity contribution < 1.29 is 5.11 Å². The molecule has 0 saturated carbocycles. The van der Waals surface area contributed by atoms with Crippen LogP contribution in [-0.2, 0) is 0 Å². The second kappa shape index (κ2) is 3.59. The van der Waals surface area contributed by atoms with Gasteiger partial charge in [-0.2, -0.15) is 0 Å². The fraction of sp³-hybridized carbons (Fsp3) is 0.455. The molecule has 0 radical (unpaired) electrons. The number of rotatable bonds is 1. The molecule has 0 fully saturated rings. The van der Waals surface area contributed by atoms with E-state index >= 15 is 0 Å². The maximum Gasteiger partial charge on any atom is 0.123 e. The Hall–Kier alpha value is -0.690. The average Bonchev–Trinajstić information content (AvgIpc) is 1.99. The van der Waals surface area contributed by atoms with Gasteiger partial charge in [0.25, 0.3) is 0 Å². The van der Waals surface area contributed by atoms with Crippen LogP contribution in [0.1, 0.15) is 36.5 Å². The van der Waals surface area contributed by atoms with E-state index in [4.69, 9.17) is 11.6 Å². The van der Waals surface area contributed by atoms with Gasteiger partial charge in [0.15, 0.2) is 0 Å². The summed E-state index contributed by atoms with van der Waals surface area (Å²) < 4.78 is 0. The van der Waals surface area contributed by atoms with Gasteiger partial charge in [0.05, 0.1) is 0 Å². The van der Waals surface area contributed by atoms with Crippen molar-refractivity contribution in [3.8, 4) is 5.75 Å². The number of aromatic hydroxyl groups is 1. The van der Waals surface area contributed by atoms with Gasteiger partial charge in [-0.25, -0.2) is 0 Å². The maximum absolute atomic E-state index is 9.85. The van der Waals surface area contributed by atoms with Gasteiger partial charge in [-0.15, -0.1) is 0 Å². The minimum Gasteiger partial charge on any atom is -0.507 e. The highest BCUT2D eigenvalue weighted by molar-refractivity contribution is 6.31. The van der Waals surface area contributed by atoms with Crippen molar-refractivity contribution in [2.75, 3.05) is 0 Å². The molecule has 1 nitrogen and oxygen atoms in total. The first-order valence-electron chi connectivity index (χ1n) is 4.43. The van der Waals surface area contributed by atoms with E-state index in [2.05, 4.69) is 0 Å². The van der Waals surface area contributed by atoms with Crippen LogP contribution in [0.3, 0.4) is 0 Å².